The Labute approximate surface area is 162 Å². The summed E-state index contributed by atoms with van der Waals surface area (Å²) in [4.78, 5) is 32.9. The first kappa shape index (κ1) is 21.9. The third kappa shape index (κ3) is 4.92. The molecule has 0 radical (unpaired) electrons. The zero-order chi connectivity index (χ0) is 22.0. The number of aliphatic carboxylic acids is 1. The van der Waals surface area contributed by atoms with Gasteiger partial charge in [-0.25, -0.2) is 0 Å². The van der Waals surface area contributed by atoms with Crippen LogP contribution in [0.25, 0.3) is 0 Å². The number of carboxylic acid groups (broad SMARTS) is 1. The van der Waals surface area contributed by atoms with E-state index in [0.717, 1.165) is 6.07 Å². The molecule has 0 heterocycles. The number of nitro groups is 1. The summed E-state index contributed by atoms with van der Waals surface area (Å²) in [6, 6.07) is 2.10. The van der Waals surface area contributed by atoms with Crippen molar-refractivity contribution in [1.29, 1.82) is 0 Å². The molecule has 1 amide bonds. The maximum Gasteiger partial charge on any atom is 0.471 e. The predicted octanol–water partition coefficient (Wildman–Crippen LogP) is 3.62. The van der Waals surface area contributed by atoms with Gasteiger partial charge in [-0.2, -0.15) is 13.2 Å². The van der Waals surface area contributed by atoms with E-state index in [-0.39, 0.29) is 17.9 Å². The summed E-state index contributed by atoms with van der Waals surface area (Å²) in [6.07, 6.45) is 1.12. The molecule has 8 nitrogen and oxygen atoms in total. The van der Waals surface area contributed by atoms with Gasteiger partial charge in [-0.15, -0.1) is 0 Å². The van der Waals surface area contributed by atoms with Crippen molar-refractivity contribution in [2.75, 3.05) is 11.9 Å². The van der Waals surface area contributed by atoms with E-state index in [1.165, 1.54) is 24.4 Å². The fourth-order valence-corrected chi connectivity index (χ4v) is 2.83. The van der Waals surface area contributed by atoms with E-state index in [1.807, 2.05) is 0 Å². The number of anilines is 1. The standard InChI is InChI=1S/C18H17F3N2O6/c1-10-7-11(29-9-17(2)6-4-3-5-12(17)15(24)25)8-13(23(27)28)14(10)22-16(26)18(19,20)21/h3-8,12H,9H2,1-2H3,(H,22,26)(H,24,25). The minimum atomic E-state index is -5.21. The van der Waals surface area contributed by atoms with Gasteiger partial charge >= 0.3 is 18.1 Å². The number of amides is 1. The summed E-state index contributed by atoms with van der Waals surface area (Å²) in [7, 11) is 0. The smallest absolute Gasteiger partial charge is 0.471 e. The van der Waals surface area contributed by atoms with Crippen LogP contribution in [0.4, 0.5) is 24.5 Å². The second-order valence-electron chi connectivity index (χ2n) is 6.70. The van der Waals surface area contributed by atoms with E-state index in [2.05, 4.69) is 0 Å². The van der Waals surface area contributed by atoms with Crippen molar-refractivity contribution in [3.8, 4) is 5.75 Å². The van der Waals surface area contributed by atoms with E-state index in [1.54, 1.807) is 25.2 Å². The molecule has 1 aromatic rings. The van der Waals surface area contributed by atoms with Crippen molar-refractivity contribution >= 4 is 23.3 Å². The van der Waals surface area contributed by atoms with Crippen molar-refractivity contribution < 1.29 is 37.5 Å². The van der Waals surface area contributed by atoms with Gasteiger partial charge < -0.3 is 15.2 Å². The Hall–Kier alpha value is -3.37. The van der Waals surface area contributed by atoms with Crippen LogP contribution in [0, 0.1) is 28.4 Å². The molecule has 0 aromatic heterocycles. The van der Waals surface area contributed by atoms with Crippen LogP contribution in [0.1, 0.15) is 12.5 Å². The lowest BCUT2D eigenvalue weighted by molar-refractivity contribution is -0.384. The number of carbonyl (C=O) groups is 2. The topological polar surface area (TPSA) is 119 Å². The molecule has 2 unspecified atom stereocenters. The third-order valence-electron chi connectivity index (χ3n) is 4.40. The molecule has 2 rings (SSSR count). The maximum atomic E-state index is 12.5. The largest absolute Gasteiger partial charge is 0.492 e. The van der Waals surface area contributed by atoms with E-state index in [4.69, 9.17) is 4.74 Å². The fourth-order valence-electron chi connectivity index (χ4n) is 2.83. The van der Waals surface area contributed by atoms with Gasteiger partial charge in [0.25, 0.3) is 5.69 Å². The first-order chi connectivity index (χ1) is 13.3. The van der Waals surface area contributed by atoms with Gasteiger partial charge in [0.1, 0.15) is 11.4 Å². The fraction of sp³-hybridized carbons (Fsp3) is 0.333. The second-order valence-corrected chi connectivity index (χ2v) is 6.70. The van der Waals surface area contributed by atoms with Crippen LogP contribution in [-0.2, 0) is 9.59 Å². The Morgan fingerprint density at radius 2 is 2.00 bits per heavy atom. The number of hydrogen-bond acceptors (Lipinski definition) is 5. The number of hydrogen-bond donors (Lipinski definition) is 2. The molecule has 1 aliphatic rings. The SMILES string of the molecule is Cc1cc(OCC2(C)C=CC=CC2C(=O)O)cc([N+](=O)[O-])c1NC(=O)C(F)(F)F. The lowest BCUT2D eigenvalue weighted by atomic mass is 9.75. The number of ether oxygens (including phenoxy) is 1. The van der Waals surface area contributed by atoms with Gasteiger partial charge in [-0.1, -0.05) is 31.2 Å². The number of nitrogens with zero attached hydrogens (tertiary/aromatic N) is 1. The Bertz CT molecular complexity index is 910. The molecule has 1 aliphatic carbocycles. The number of nitrogens with one attached hydrogen (secondary N) is 1. The Balaban J connectivity index is 2.30. The van der Waals surface area contributed by atoms with Crippen molar-refractivity contribution in [3.63, 3.8) is 0 Å². The van der Waals surface area contributed by atoms with Crippen LogP contribution >= 0.6 is 0 Å². The number of carbonyl (C=O) groups excluding carboxylic acids is 1. The van der Waals surface area contributed by atoms with Crippen molar-refractivity contribution in [2.45, 2.75) is 20.0 Å². The minimum Gasteiger partial charge on any atom is -0.492 e. The van der Waals surface area contributed by atoms with Crippen LogP contribution in [0.2, 0.25) is 0 Å². The highest BCUT2D eigenvalue weighted by atomic mass is 19.4. The number of halogens is 3. The number of aryl methyl sites for hydroxylation is 1. The molecular formula is C18H17F3N2O6. The quantitative estimate of drug-likeness (QED) is 0.542. The number of benzene rings is 1. The van der Waals surface area contributed by atoms with E-state index >= 15 is 0 Å². The van der Waals surface area contributed by atoms with Gasteiger partial charge in [-0.05, 0) is 18.6 Å². The zero-order valence-corrected chi connectivity index (χ0v) is 15.3. The second kappa shape index (κ2) is 7.94. The van der Waals surface area contributed by atoms with Crippen LogP contribution < -0.4 is 10.1 Å². The third-order valence-corrected chi connectivity index (χ3v) is 4.40. The summed E-state index contributed by atoms with van der Waals surface area (Å²) in [5, 5.41) is 22.1. The predicted molar refractivity (Wildman–Crippen MR) is 95.5 cm³/mol. The summed E-state index contributed by atoms with van der Waals surface area (Å²) in [5.41, 5.74) is -2.35. The molecule has 0 saturated carbocycles. The van der Waals surface area contributed by atoms with Crippen molar-refractivity contribution in [1.82, 2.24) is 0 Å². The molecule has 156 valence electrons. The van der Waals surface area contributed by atoms with E-state index in [9.17, 15) is 38.0 Å². The molecule has 2 N–H and O–H groups in total. The first-order valence-corrected chi connectivity index (χ1v) is 8.24. The van der Waals surface area contributed by atoms with E-state index in [0.29, 0.717) is 0 Å². The molecule has 0 aliphatic heterocycles. The van der Waals surface area contributed by atoms with Crippen LogP contribution in [0.3, 0.4) is 0 Å². The summed E-state index contributed by atoms with van der Waals surface area (Å²) < 4.78 is 43.0. The molecule has 0 saturated heterocycles. The molecule has 0 bridgehead atoms. The van der Waals surface area contributed by atoms with E-state index < -0.39 is 45.7 Å². The molecule has 0 fully saturated rings. The Morgan fingerprint density at radius 3 is 2.55 bits per heavy atom. The maximum absolute atomic E-state index is 12.5. The lowest BCUT2D eigenvalue weighted by Gasteiger charge is -2.32. The normalized spacial score (nSPS) is 20.9. The summed E-state index contributed by atoms with van der Waals surface area (Å²) >= 11 is 0. The molecule has 1 aromatic carbocycles. The molecule has 29 heavy (non-hydrogen) atoms. The zero-order valence-electron chi connectivity index (χ0n) is 15.3. The monoisotopic (exact) mass is 414 g/mol. The minimum absolute atomic E-state index is 0.0224. The lowest BCUT2D eigenvalue weighted by Crippen LogP contribution is -2.36. The van der Waals surface area contributed by atoms with Crippen LogP contribution in [0.15, 0.2) is 36.4 Å². The van der Waals surface area contributed by atoms with Gasteiger partial charge in [0.2, 0.25) is 0 Å². The number of allylic oxidation sites excluding steroid dienone is 2. The summed E-state index contributed by atoms with van der Waals surface area (Å²) in [5.74, 6) is -4.36. The first-order valence-electron chi connectivity index (χ1n) is 8.24. The highest BCUT2D eigenvalue weighted by Gasteiger charge is 2.40. The molecule has 2 atom stereocenters. The molecular weight excluding hydrogens is 397 g/mol. The van der Waals surface area contributed by atoms with Crippen LogP contribution in [0.5, 0.6) is 5.75 Å². The average molecular weight is 414 g/mol. The molecule has 11 heteroatoms. The number of carboxylic acids is 1. The van der Waals surface area contributed by atoms with Crippen LogP contribution in [-0.4, -0.2) is 34.7 Å². The highest BCUT2D eigenvalue weighted by Crippen LogP contribution is 2.37. The number of rotatable bonds is 6. The van der Waals surface area contributed by atoms with Gasteiger partial charge in [0.15, 0.2) is 0 Å². The number of nitro benzene ring substituents is 1. The molecule has 0 spiro atoms. The number of alkyl halides is 3. The van der Waals surface area contributed by atoms with Gasteiger partial charge in [0, 0.05) is 5.41 Å². The average Bonchev–Trinajstić information content (AvgIpc) is 2.60. The van der Waals surface area contributed by atoms with Crippen molar-refractivity contribution in [2.24, 2.45) is 11.3 Å². The van der Waals surface area contributed by atoms with Crippen molar-refractivity contribution in [3.05, 3.63) is 52.1 Å². The Kier molecular flexibility index (Phi) is 6.00. The van der Waals surface area contributed by atoms with Gasteiger partial charge in [-0.3, -0.25) is 19.7 Å². The highest BCUT2D eigenvalue weighted by molar-refractivity contribution is 5.97. The van der Waals surface area contributed by atoms with Gasteiger partial charge in [0.05, 0.1) is 23.5 Å². The Morgan fingerprint density at radius 1 is 1.34 bits per heavy atom. The summed E-state index contributed by atoms with van der Waals surface area (Å²) in [6.45, 7) is 2.75.